The topological polar surface area (TPSA) is 35.5 Å². The number of aldehydes is 1. The molecule has 0 aliphatic heterocycles. The number of methoxy groups -OCH3 is 2. The Labute approximate surface area is 61.3 Å². The van der Waals surface area contributed by atoms with Crippen LogP contribution in [0.5, 0.6) is 0 Å². The molecule has 10 heavy (non-hydrogen) atoms. The average molecular weight is 146 g/mol. The molecule has 60 valence electrons. The zero-order chi connectivity index (χ0) is 7.82. The third-order valence-electron chi connectivity index (χ3n) is 1.23. The van der Waals surface area contributed by atoms with Crippen molar-refractivity contribution in [3.05, 3.63) is 0 Å². The van der Waals surface area contributed by atoms with Crippen molar-refractivity contribution in [2.24, 2.45) is 5.92 Å². The minimum absolute atomic E-state index is 0.215. The van der Waals surface area contributed by atoms with E-state index in [1.807, 2.05) is 0 Å². The van der Waals surface area contributed by atoms with Crippen molar-refractivity contribution in [3.8, 4) is 0 Å². The summed E-state index contributed by atoms with van der Waals surface area (Å²) in [4.78, 5) is 10.1. The second-order valence-corrected chi connectivity index (χ2v) is 2.18. The van der Waals surface area contributed by atoms with E-state index < -0.39 is 0 Å². The molecule has 0 spiro atoms. The smallest absolute Gasteiger partial charge is 0.120 e. The normalized spacial score (nSPS) is 10.3. The third-order valence-corrected chi connectivity index (χ3v) is 1.23. The molecule has 0 radical (unpaired) electrons. The molecule has 0 fully saturated rings. The van der Waals surface area contributed by atoms with E-state index in [0.29, 0.717) is 19.6 Å². The zero-order valence-electron chi connectivity index (χ0n) is 6.50. The van der Waals surface area contributed by atoms with Gasteiger partial charge in [-0.3, -0.25) is 0 Å². The SMILES string of the molecule is COCC(CC=O)COC. The van der Waals surface area contributed by atoms with E-state index in [1.165, 1.54) is 0 Å². The molecule has 0 aromatic carbocycles. The van der Waals surface area contributed by atoms with Gasteiger partial charge < -0.3 is 14.3 Å². The Kier molecular flexibility index (Phi) is 6.43. The molecular formula is C7H14O3. The molecule has 0 bridgehead atoms. The summed E-state index contributed by atoms with van der Waals surface area (Å²) >= 11 is 0. The fourth-order valence-electron chi connectivity index (χ4n) is 0.792. The predicted molar refractivity (Wildman–Crippen MR) is 37.9 cm³/mol. The number of carbonyl (C=O) groups is 1. The highest BCUT2D eigenvalue weighted by atomic mass is 16.5. The summed E-state index contributed by atoms with van der Waals surface area (Å²) in [7, 11) is 3.24. The van der Waals surface area contributed by atoms with Gasteiger partial charge in [-0.15, -0.1) is 0 Å². The van der Waals surface area contributed by atoms with Crippen molar-refractivity contribution in [2.75, 3.05) is 27.4 Å². The molecule has 3 heteroatoms. The van der Waals surface area contributed by atoms with E-state index in [-0.39, 0.29) is 5.92 Å². The number of hydrogen-bond donors (Lipinski definition) is 0. The van der Waals surface area contributed by atoms with Crippen LogP contribution in [0.2, 0.25) is 0 Å². The van der Waals surface area contributed by atoms with Crippen LogP contribution >= 0.6 is 0 Å². The van der Waals surface area contributed by atoms with E-state index in [2.05, 4.69) is 0 Å². The highest BCUT2D eigenvalue weighted by molar-refractivity contribution is 5.49. The standard InChI is InChI=1S/C7H14O3/c1-9-5-7(3-4-8)6-10-2/h4,7H,3,5-6H2,1-2H3. The van der Waals surface area contributed by atoms with Gasteiger partial charge in [-0.25, -0.2) is 0 Å². The summed E-state index contributed by atoms with van der Waals surface area (Å²) < 4.78 is 9.74. The Morgan fingerprint density at radius 3 is 2.10 bits per heavy atom. The predicted octanol–water partition coefficient (Wildman–Crippen LogP) is 0.484. The van der Waals surface area contributed by atoms with Crippen molar-refractivity contribution in [2.45, 2.75) is 6.42 Å². The molecular weight excluding hydrogens is 132 g/mol. The minimum atomic E-state index is 0.215. The van der Waals surface area contributed by atoms with Gasteiger partial charge in [-0.2, -0.15) is 0 Å². The van der Waals surface area contributed by atoms with Crippen molar-refractivity contribution in [1.29, 1.82) is 0 Å². The molecule has 0 aliphatic carbocycles. The van der Waals surface area contributed by atoms with Crippen LogP contribution in [0.4, 0.5) is 0 Å². The van der Waals surface area contributed by atoms with Crippen LogP contribution in [0.25, 0.3) is 0 Å². The highest BCUT2D eigenvalue weighted by Crippen LogP contribution is 2.00. The van der Waals surface area contributed by atoms with Gasteiger partial charge >= 0.3 is 0 Å². The molecule has 0 saturated heterocycles. The Morgan fingerprint density at radius 1 is 1.30 bits per heavy atom. The minimum Gasteiger partial charge on any atom is -0.384 e. The van der Waals surface area contributed by atoms with Crippen molar-refractivity contribution in [3.63, 3.8) is 0 Å². The van der Waals surface area contributed by atoms with Crippen molar-refractivity contribution < 1.29 is 14.3 Å². The van der Waals surface area contributed by atoms with Gasteiger partial charge in [0.15, 0.2) is 0 Å². The number of carbonyl (C=O) groups excluding carboxylic acids is 1. The van der Waals surface area contributed by atoms with Crippen molar-refractivity contribution in [1.82, 2.24) is 0 Å². The van der Waals surface area contributed by atoms with Crippen molar-refractivity contribution >= 4 is 6.29 Å². The highest BCUT2D eigenvalue weighted by Gasteiger charge is 2.05. The Hall–Kier alpha value is -0.410. The van der Waals surface area contributed by atoms with E-state index in [9.17, 15) is 4.79 Å². The quantitative estimate of drug-likeness (QED) is 0.511. The average Bonchev–Trinajstić information content (AvgIpc) is 1.90. The van der Waals surface area contributed by atoms with Gasteiger partial charge in [-0.05, 0) is 0 Å². The second-order valence-electron chi connectivity index (χ2n) is 2.18. The van der Waals surface area contributed by atoms with Crippen LogP contribution in [0.3, 0.4) is 0 Å². The van der Waals surface area contributed by atoms with Gasteiger partial charge in [0.1, 0.15) is 6.29 Å². The first-order chi connectivity index (χ1) is 4.85. The third kappa shape index (κ3) is 4.47. The number of hydrogen-bond acceptors (Lipinski definition) is 3. The zero-order valence-corrected chi connectivity index (χ0v) is 6.50. The summed E-state index contributed by atoms with van der Waals surface area (Å²) in [5.41, 5.74) is 0. The molecule has 0 atom stereocenters. The molecule has 0 N–H and O–H groups in total. The van der Waals surface area contributed by atoms with E-state index >= 15 is 0 Å². The lowest BCUT2D eigenvalue weighted by molar-refractivity contribution is -0.109. The lowest BCUT2D eigenvalue weighted by Crippen LogP contribution is -2.14. The maximum Gasteiger partial charge on any atom is 0.120 e. The van der Waals surface area contributed by atoms with Gasteiger partial charge in [-0.1, -0.05) is 0 Å². The van der Waals surface area contributed by atoms with Gasteiger partial charge in [0, 0.05) is 26.6 Å². The van der Waals surface area contributed by atoms with Crippen LogP contribution in [0.1, 0.15) is 6.42 Å². The fourth-order valence-corrected chi connectivity index (χ4v) is 0.792. The lowest BCUT2D eigenvalue weighted by atomic mass is 10.1. The summed E-state index contributed by atoms with van der Waals surface area (Å²) in [5.74, 6) is 0.215. The second kappa shape index (κ2) is 6.71. The van der Waals surface area contributed by atoms with Crippen LogP contribution in [0, 0.1) is 5.92 Å². The molecule has 3 nitrogen and oxygen atoms in total. The first kappa shape index (κ1) is 9.59. The van der Waals surface area contributed by atoms with Crippen LogP contribution in [0.15, 0.2) is 0 Å². The Morgan fingerprint density at radius 2 is 1.80 bits per heavy atom. The molecule has 0 aliphatic rings. The monoisotopic (exact) mass is 146 g/mol. The molecule has 0 saturated carbocycles. The largest absolute Gasteiger partial charge is 0.384 e. The van der Waals surface area contributed by atoms with E-state index in [1.54, 1.807) is 14.2 Å². The van der Waals surface area contributed by atoms with Crippen LogP contribution in [-0.4, -0.2) is 33.7 Å². The maximum absolute atomic E-state index is 10.1. The van der Waals surface area contributed by atoms with Gasteiger partial charge in [0.2, 0.25) is 0 Å². The molecule has 0 heterocycles. The first-order valence-corrected chi connectivity index (χ1v) is 3.26. The summed E-state index contributed by atoms with van der Waals surface area (Å²) in [6.45, 7) is 1.18. The summed E-state index contributed by atoms with van der Waals surface area (Å²) in [5, 5.41) is 0. The summed E-state index contributed by atoms with van der Waals surface area (Å²) in [6, 6.07) is 0. The molecule has 0 rings (SSSR count). The lowest BCUT2D eigenvalue weighted by Gasteiger charge is -2.10. The van der Waals surface area contributed by atoms with Gasteiger partial charge in [0.05, 0.1) is 13.2 Å². The Balaban J connectivity index is 3.38. The molecule has 0 aromatic heterocycles. The molecule has 0 unspecified atom stereocenters. The first-order valence-electron chi connectivity index (χ1n) is 3.26. The molecule has 0 amide bonds. The Bertz CT molecular complexity index is 76.9. The van der Waals surface area contributed by atoms with E-state index in [0.717, 1.165) is 6.29 Å². The maximum atomic E-state index is 10.1. The molecule has 0 aromatic rings. The van der Waals surface area contributed by atoms with Crippen LogP contribution in [-0.2, 0) is 14.3 Å². The van der Waals surface area contributed by atoms with E-state index in [4.69, 9.17) is 9.47 Å². The summed E-state index contributed by atoms with van der Waals surface area (Å²) in [6.07, 6.45) is 1.41. The van der Waals surface area contributed by atoms with Gasteiger partial charge in [0.25, 0.3) is 0 Å². The number of ether oxygens (including phenoxy) is 2. The fraction of sp³-hybridized carbons (Fsp3) is 0.857. The van der Waals surface area contributed by atoms with Crippen LogP contribution < -0.4 is 0 Å². The number of rotatable bonds is 6.